The van der Waals surface area contributed by atoms with E-state index >= 15 is 0 Å². The Hall–Kier alpha value is -0.780. The maximum atomic E-state index is 12.1. The fourth-order valence-corrected chi connectivity index (χ4v) is 2.25. The van der Waals surface area contributed by atoms with E-state index in [1.165, 1.54) is 0 Å². The van der Waals surface area contributed by atoms with E-state index in [2.05, 4.69) is 10.3 Å². The SMILES string of the molecule is CN(CC1CCNCC1)C(=O)c1cn(C)cn1.Cl.Cl. The molecule has 0 saturated carbocycles. The maximum absolute atomic E-state index is 12.1. The first-order valence-electron chi connectivity index (χ1n) is 6.11. The van der Waals surface area contributed by atoms with Crippen LogP contribution < -0.4 is 5.32 Å². The van der Waals surface area contributed by atoms with Crippen molar-refractivity contribution >= 4 is 30.7 Å². The summed E-state index contributed by atoms with van der Waals surface area (Å²) < 4.78 is 1.80. The number of imidazole rings is 1. The molecule has 1 N–H and O–H groups in total. The Labute approximate surface area is 126 Å². The topological polar surface area (TPSA) is 50.2 Å². The van der Waals surface area contributed by atoms with Crippen LogP contribution in [0.25, 0.3) is 0 Å². The summed E-state index contributed by atoms with van der Waals surface area (Å²) in [5.41, 5.74) is 0.531. The first kappa shape index (κ1) is 18.2. The second-order valence-electron chi connectivity index (χ2n) is 4.80. The Kier molecular flexibility index (Phi) is 8.06. The number of amides is 1. The molecule has 0 atom stereocenters. The van der Waals surface area contributed by atoms with Crippen molar-refractivity contribution in [1.82, 2.24) is 19.8 Å². The summed E-state index contributed by atoms with van der Waals surface area (Å²) in [6.45, 7) is 2.96. The summed E-state index contributed by atoms with van der Waals surface area (Å²) in [7, 11) is 3.73. The fourth-order valence-electron chi connectivity index (χ4n) is 2.25. The maximum Gasteiger partial charge on any atom is 0.273 e. The van der Waals surface area contributed by atoms with Crippen molar-refractivity contribution in [3.63, 3.8) is 0 Å². The molecule has 1 fully saturated rings. The number of aromatic nitrogens is 2. The lowest BCUT2D eigenvalue weighted by atomic mass is 9.97. The Balaban J connectivity index is 0.00000162. The molecule has 0 spiro atoms. The third-order valence-electron chi connectivity index (χ3n) is 3.26. The molecule has 1 saturated heterocycles. The van der Waals surface area contributed by atoms with Gasteiger partial charge in [0, 0.05) is 26.8 Å². The van der Waals surface area contributed by atoms with Crippen LogP contribution in [-0.4, -0.2) is 47.0 Å². The Morgan fingerprint density at radius 3 is 2.63 bits per heavy atom. The van der Waals surface area contributed by atoms with Gasteiger partial charge in [-0.1, -0.05) is 0 Å². The van der Waals surface area contributed by atoms with Gasteiger partial charge in [0.15, 0.2) is 0 Å². The van der Waals surface area contributed by atoms with Crippen molar-refractivity contribution in [3.8, 4) is 0 Å². The minimum absolute atomic E-state index is 0. The van der Waals surface area contributed by atoms with Crippen molar-refractivity contribution < 1.29 is 4.79 Å². The third kappa shape index (κ3) is 5.01. The zero-order valence-electron chi connectivity index (χ0n) is 11.3. The minimum atomic E-state index is 0. The first-order valence-corrected chi connectivity index (χ1v) is 6.11. The van der Waals surface area contributed by atoms with Gasteiger partial charge in [0.2, 0.25) is 0 Å². The number of halogens is 2. The highest BCUT2D eigenvalue weighted by atomic mass is 35.5. The van der Waals surface area contributed by atoms with Gasteiger partial charge in [0.1, 0.15) is 5.69 Å². The standard InChI is InChI=1S/C12H20N4O.2ClH/c1-15-8-11(14-9-15)12(17)16(2)7-10-3-5-13-6-4-10;;/h8-10,13H,3-7H2,1-2H3;2*1H. The Bertz CT molecular complexity index is 391. The average molecular weight is 309 g/mol. The van der Waals surface area contributed by atoms with Crippen molar-refractivity contribution in [2.24, 2.45) is 13.0 Å². The number of aryl methyl sites for hydroxylation is 1. The number of nitrogens with one attached hydrogen (secondary N) is 1. The lowest BCUT2D eigenvalue weighted by Crippen LogP contribution is -2.37. The zero-order chi connectivity index (χ0) is 12.3. The van der Waals surface area contributed by atoms with Gasteiger partial charge < -0.3 is 14.8 Å². The van der Waals surface area contributed by atoms with E-state index in [1.807, 2.05) is 14.1 Å². The van der Waals surface area contributed by atoms with Gasteiger partial charge in [-0.2, -0.15) is 0 Å². The molecule has 110 valence electrons. The summed E-state index contributed by atoms with van der Waals surface area (Å²) in [4.78, 5) is 17.9. The number of nitrogens with zero attached hydrogens (tertiary/aromatic N) is 3. The van der Waals surface area contributed by atoms with Crippen LogP contribution in [0.1, 0.15) is 23.3 Å². The van der Waals surface area contributed by atoms with Crippen LogP contribution >= 0.6 is 24.8 Å². The van der Waals surface area contributed by atoms with Gasteiger partial charge in [-0.3, -0.25) is 4.79 Å². The van der Waals surface area contributed by atoms with Crippen LogP contribution in [0.5, 0.6) is 0 Å². The number of carbonyl (C=O) groups is 1. The predicted molar refractivity (Wildman–Crippen MR) is 80.3 cm³/mol. The quantitative estimate of drug-likeness (QED) is 0.916. The van der Waals surface area contributed by atoms with E-state index in [0.717, 1.165) is 32.5 Å². The highest BCUT2D eigenvalue weighted by Crippen LogP contribution is 2.13. The first-order chi connectivity index (χ1) is 8.16. The predicted octanol–water partition coefficient (Wildman–Crippen LogP) is 1.34. The van der Waals surface area contributed by atoms with Crippen LogP contribution in [0.15, 0.2) is 12.5 Å². The van der Waals surface area contributed by atoms with Gasteiger partial charge in [-0.25, -0.2) is 4.98 Å². The number of piperidine rings is 1. The van der Waals surface area contributed by atoms with E-state index in [-0.39, 0.29) is 30.7 Å². The molecular weight excluding hydrogens is 287 g/mol. The molecule has 0 aromatic carbocycles. The van der Waals surface area contributed by atoms with Gasteiger partial charge in [-0.15, -0.1) is 24.8 Å². The molecule has 1 aromatic rings. The van der Waals surface area contributed by atoms with E-state index in [0.29, 0.717) is 11.6 Å². The van der Waals surface area contributed by atoms with E-state index in [4.69, 9.17) is 0 Å². The molecule has 1 amide bonds. The van der Waals surface area contributed by atoms with E-state index < -0.39 is 0 Å². The van der Waals surface area contributed by atoms with Crippen LogP contribution in [0.3, 0.4) is 0 Å². The molecule has 7 heteroatoms. The van der Waals surface area contributed by atoms with Crippen molar-refractivity contribution in [2.75, 3.05) is 26.7 Å². The second kappa shape index (κ2) is 8.40. The summed E-state index contributed by atoms with van der Waals surface area (Å²) in [5.74, 6) is 0.637. The van der Waals surface area contributed by atoms with Crippen molar-refractivity contribution in [2.45, 2.75) is 12.8 Å². The molecule has 1 aliphatic rings. The second-order valence-corrected chi connectivity index (χ2v) is 4.80. The van der Waals surface area contributed by atoms with Gasteiger partial charge in [-0.05, 0) is 31.8 Å². The molecule has 5 nitrogen and oxygen atoms in total. The minimum Gasteiger partial charge on any atom is -0.340 e. The number of carbonyl (C=O) groups excluding carboxylic acids is 1. The monoisotopic (exact) mass is 308 g/mol. The zero-order valence-corrected chi connectivity index (χ0v) is 13.0. The van der Waals surface area contributed by atoms with E-state index in [9.17, 15) is 4.79 Å². The molecular formula is C12H22Cl2N4O. The Morgan fingerprint density at radius 2 is 2.11 bits per heavy atom. The summed E-state index contributed by atoms with van der Waals surface area (Å²) in [6.07, 6.45) is 5.73. The van der Waals surface area contributed by atoms with Crippen LogP contribution in [0, 0.1) is 5.92 Å². The fraction of sp³-hybridized carbons (Fsp3) is 0.667. The molecule has 2 rings (SSSR count). The molecule has 0 aliphatic carbocycles. The highest BCUT2D eigenvalue weighted by molar-refractivity contribution is 5.91. The van der Waals surface area contributed by atoms with Crippen LogP contribution in [0.4, 0.5) is 0 Å². The number of hydrogen-bond donors (Lipinski definition) is 1. The molecule has 1 aromatic heterocycles. The lowest BCUT2D eigenvalue weighted by Gasteiger charge is -2.27. The normalized spacial score (nSPS) is 15.3. The largest absolute Gasteiger partial charge is 0.340 e. The molecule has 0 radical (unpaired) electrons. The molecule has 2 heterocycles. The van der Waals surface area contributed by atoms with E-state index in [1.54, 1.807) is 22.0 Å². The number of hydrogen-bond acceptors (Lipinski definition) is 3. The molecule has 0 unspecified atom stereocenters. The number of rotatable bonds is 3. The summed E-state index contributed by atoms with van der Waals surface area (Å²) in [5, 5.41) is 3.33. The molecule has 1 aliphatic heterocycles. The van der Waals surface area contributed by atoms with Gasteiger partial charge in [0.05, 0.1) is 6.33 Å². The van der Waals surface area contributed by atoms with Crippen LogP contribution in [-0.2, 0) is 7.05 Å². The summed E-state index contributed by atoms with van der Waals surface area (Å²) in [6, 6.07) is 0. The van der Waals surface area contributed by atoms with Gasteiger partial charge >= 0.3 is 0 Å². The molecule has 19 heavy (non-hydrogen) atoms. The molecule has 0 bridgehead atoms. The smallest absolute Gasteiger partial charge is 0.273 e. The van der Waals surface area contributed by atoms with Gasteiger partial charge in [0.25, 0.3) is 5.91 Å². The average Bonchev–Trinajstić information content (AvgIpc) is 2.76. The van der Waals surface area contributed by atoms with Crippen molar-refractivity contribution in [1.29, 1.82) is 0 Å². The highest BCUT2D eigenvalue weighted by Gasteiger charge is 2.20. The summed E-state index contributed by atoms with van der Waals surface area (Å²) >= 11 is 0. The van der Waals surface area contributed by atoms with Crippen LogP contribution in [0.2, 0.25) is 0 Å². The van der Waals surface area contributed by atoms with Crippen molar-refractivity contribution in [3.05, 3.63) is 18.2 Å². The third-order valence-corrected chi connectivity index (χ3v) is 3.26. The Morgan fingerprint density at radius 1 is 1.47 bits per heavy atom. The lowest BCUT2D eigenvalue weighted by molar-refractivity contribution is 0.0757.